The molecule has 0 radical (unpaired) electrons. The highest BCUT2D eigenvalue weighted by atomic mass is 35.5. The number of nitrogens with one attached hydrogen (secondary N) is 1. The van der Waals surface area contributed by atoms with Crippen molar-refractivity contribution in [2.75, 3.05) is 24.9 Å². The monoisotopic (exact) mass is 452 g/mol. The summed E-state index contributed by atoms with van der Waals surface area (Å²) in [4.78, 5) is 8.00. The highest BCUT2D eigenvalue weighted by Crippen LogP contribution is 2.41. The van der Waals surface area contributed by atoms with Gasteiger partial charge in [-0.05, 0) is 12.3 Å². The van der Waals surface area contributed by atoms with Crippen molar-refractivity contribution in [1.82, 2.24) is 9.97 Å². The molecule has 1 aliphatic heterocycles. The lowest BCUT2D eigenvalue weighted by molar-refractivity contribution is -0.141. The summed E-state index contributed by atoms with van der Waals surface area (Å²) in [5, 5.41) is 4.25. The number of halogens is 5. The Labute approximate surface area is 172 Å². The zero-order valence-corrected chi connectivity index (χ0v) is 16.6. The van der Waals surface area contributed by atoms with E-state index in [9.17, 15) is 13.2 Å². The number of thioether (sulfide) groups is 1. The Morgan fingerprint density at radius 1 is 1.21 bits per heavy atom. The van der Waals surface area contributed by atoms with E-state index in [0.29, 0.717) is 5.16 Å². The zero-order valence-electron chi connectivity index (χ0n) is 14.3. The van der Waals surface area contributed by atoms with Gasteiger partial charge in [-0.3, -0.25) is 5.43 Å². The molecule has 3 rings (SSSR count). The van der Waals surface area contributed by atoms with Crippen molar-refractivity contribution >= 4 is 46.9 Å². The first-order valence-electron chi connectivity index (χ1n) is 7.80. The highest BCUT2D eigenvalue weighted by Gasteiger charge is 2.39. The number of rotatable bonds is 5. The molecule has 1 N–H and O–H groups in total. The first kappa shape index (κ1) is 21.1. The third-order valence-corrected chi connectivity index (χ3v) is 4.77. The van der Waals surface area contributed by atoms with Crippen molar-refractivity contribution in [2.45, 2.75) is 17.6 Å². The molecule has 0 bridgehead atoms. The summed E-state index contributed by atoms with van der Waals surface area (Å²) in [6.45, 7) is 0.446. The Hall–Kier alpha value is -1.59. The van der Waals surface area contributed by atoms with E-state index in [1.54, 1.807) is 6.26 Å². The molecule has 2 aromatic rings. The molecule has 1 fully saturated rings. The average Bonchev–Trinajstić information content (AvgIpc) is 3.17. The van der Waals surface area contributed by atoms with Gasteiger partial charge in [0.1, 0.15) is 10.3 Å². The third-order valence-electron chi connectivity index (χ3n) is 3.65. The second-order valence-corrected chi connectivity index (χ2v) is 6.91. The van der Waals surface area contributed by atoms with E-state index in [-0.39, 0.29) is 40.3 Å². The number of ether oxygens (including phenoxy) is 2. The lowest BCUT2D eigenvalue weighted by Crippen LogP contribution is -2.15. The van der Waals surface area contributed by atoms with Crippen LogP contribution >= 0.6 is 35.0 Å². The molecule has 2 heterocycles. The lowest BCUT2D eigenvalue weighted by atomic mass is 10.0. The molecular formula is C16H13Cl2F3N4O2S. The van der Waals surface area contributed by atoms with Gasteiger partial charge in [0.2, 0.25) is 0 Å². The maximum Gasteiger partial charge on any atom is 0.418 e. The molecule has 0 spiro atoms. The number of hydrazone groups is 1. The third kappa shape index (κ3) is 4.69. The van der Waals surface area contributed by atoms with Crippen LogP contribution in [0.5, 0.6) is 0 Å². The smallest absolute Gasteiger partial charge is 0.346 e. The van der Waals surface area contributed by atoms with Crippen LogP contribution < -0.4 is 5.43 Å². The van der Waals surface area contributed by atoms with Crippen molar-refractivity contribution in [3.05, 3.63) is 45.2 Å². The molecule has 0 atom stereocenters. The topological polar surface area (TPSA) is 68.6 Å². The van der Waals surface area contributed by atoms with Gasteiger partial charge in [0.25, 0.3) is 0 Å². The van der Waals surface area contributed by atoms with Crippen LogP contribution in [0, 0.1) is 0 Å². The fourth-order valence-electron chi connectivity index (χ4n) is 2.48. The predicted molar refractivity (Wildman–Crippen MR) is 101 cm³/mol. The summed E-state index contributed by atoms with van der Waals surface area (Å²) in [7, 11) is 0. The number of anilines is 1. The molecular weight excluding hydrogens is 440 g/mol. The number of nitrogens with zero attached hydrogens (tertiary/aromatic N) is 3. The minimum Gasteiger partial charge on any atom is -0.346 e. The van der Waals surface area contributed by atoms with Crippen molar-refractivity contribution < 1.29 is 22.6 Å². The molecule has 0 unspecified atom stereocenters. The summed E-state index contributed by atoms with van der Waals surface area (Å²) in [6.07, 6.45) is -2.83. The summed E-state index contributed by atoms with van der Waals surface area (Å²) in [6, 6.07) is 4.00. The summed E-state index contributed by atoms with van der Waals surface area (Å²) in [5.41, 5.74) is 1.23. The molecule has 1 aromatic heterocycles. The van der Waals surface area contributed by atoms with Crippen LogP contribution in [0.3, 0.4) is 0 Å². The number of alkyl halides is 3. The van der Waals surface area contributed by atoms with Crippen LogP contribution in [0.1, 0.15) is 23.0 Å². The first-order valence-corrected chi connectivity index (χ1v) is 9.78. The minimum atomic E-state index is -4.65. The SMILES string of the molecule is CSc1nc(Cl)c(/C=N/Nc2cccc(C3OCCO3)c2C(F)(F)F)c(Cl)n1. The Morgan fingerprint density at radius 2 is 1.86 bits per heavy atom. The molecule has 1 aliphatic rings. The van der Waals surface area contributed by atoms with Crippen LogP contribution in [0.2, 0.25) is 10.3 Å². The van der Waals surface area contributed by atoms with E-state index in [1.165, 1.54) is 30.0 Å². The number of hydrogen-bond donors (Lipinski definition) is 1. The van der Waals surface area contributed by atoms with E-state index < -0.39 is 18.0 Å². The normalized spacial score (nSPS) is 15.5. The van der Waals surface area contributed by atoms with Crippen LogP contribution in [-0.2, 0) is 15.7 Å². The van der Waals surface area contributed by atoms with Crippen LogP contribution in [0.25, 0.3) is 0 Å². The molecule has 0 aliphatic carbocycles. The molecule has 1 saturated heterocycles. The van der Waals surface area contributed by atoms with Gasteiger partial charge in [-0.15, -0.1) is 0 Å². The predicted octanol–water partition coefficient (Wildman–Crippen LogP) is 5.02. The highest BCUT2D eigenvalue weighted by molar-refractivity contribution is 7.98. The molecule has 12 heteroatoms. The average molecular weight is 453 g/mol. The van der Waals surface area contributed by atoms with Crippen LogP contribution in [0.15, 0.2) is 28.5 Å². The molecule has 150 valence electrons. The second kappa shape index (κ2) is 8.83. The van der Waals surface area contributed by atoms with Gasteiger partial charge in [0.05, 0.1) is 36.2 Å². The Morgan fingerprint density at radius 3 is 2.43 bits per heavy atom. The van der Waals surface area contributed by atoms with Gasteiger partial charge in [0.15, 0.2) is 11.4 Å². The molecule has 0 amide bonds. The molecule has 1 aromatic carbocycles. The summed E-state index contributed by atoms with van der Waals surface area (Å²) < 4.78 is 51.4. The van der Waals surface area contributed by atoms with E-state index in [1.807, 2.05) is 0 Å². The number of hydrogen-bond acceptors (Lipinski definition) is 7. The summed E-state index contributed by atoms with van der Waals surface area (Å²) in [5.74, 6) is 0. The zero-order chi connectivity index (χ0) is 20.3. The Balaban J connectivity index is 1.91. The molecule has 0 saturated carbocycles. The molecule has 28 heavy (non-hydrogen) atoms. The fraction of sp³-hybridized carbons (Fsp3) is 0.312. The Bertz CT molecular complexity index is 870. The van der Waals surface area contributed by atoms with E-state index in [4.69, 9.17) is 32.7 Å². The molecule has 6 nitrogen and oxygen atoms in total. The van der Waals surface area contributed by atoms with Gasteiger partial charge in [-0.2, -0.15) is 18.3 Å². The maximum absolute atomic E-state index is 13.7. The maximum atomic E-state index is 13.7. The standard InChI is InChI=1S/C16H13Cl2F3N4O2S/c1-28-15-23-12(17)9(13(18)24-15)7-22-25-10-4-2-3-8(11(10)16(19,20)21)14-26-5-6-27-14/h2-4,7,14,25H,5-6H2,1H3/b22-7+. The van der Waals surface area contributed by atoms with Crippen LogP contribution in [-0.4, -0.2) is 35.7 Å². The quantitative estimate of drug-likeness (QED) is 0.226. The van der Waals surface area contributed by atoms with Crippen LogP contribution in [0.4, 0.5) is 18.9 Å². The van der Waals surface area contributed by atoms with Crippen molar-refractivity contribution in [1.29, 1.82) is 0 Å². The van der Waals surface area contributed by atoms with Gasteiger partial charge in [-0.1, -0.05) is 47.1 Å². The number of aromatic nitrogens is 2. The van der Waals surface area contributed by atoms with Crippen molar-refractivity contribution in [3.63, 3.8) is 0 Å². The number of benzene rings is 1. The van der Waals surface area contributed by atoms with Gasteiger partial charge < -0.3 is 9.47 Å². The first-order chi connectivity index (χ1) is 13.3. The van der Waals surface area contributed by atoms with Crippen molar-refractivity contribution in [3.8, 4) is 0 Å². The largest absolute Gasteiger partial charge is 0.418 e. The fourth-order valence-corrected chi connectivity index (χ4v) is 3.43. The van der Waals surface area contributed by atoms with Crippen molar-refractivity contribution in [2.24, 2.45) is 5.10 Å². The minimum absolute atomic E-state index is 0.0347. The van der Waals surface area contributed by atoms with Gasteiger partial charge in [-0.25, -0.2) is 9.97 Å². The van der Waals surface area contributed by atoms with E-state index in [0.717, 1.165) is 6.21 Å². The van der Waals surface area contributed by atoms with Gasteiger partial charge >= 0.3 is 6.18 Å². The lowest BCUT2D eigenvalue weighted by Gasteiger charge is -2.19. The van der Waals surface area contributed by atoms with E-state index >= 15 is 0 Å². The van der Waals surface area contributed by atoms with E-state index in [2.05, 4.69) is 20.5 Å². The second-order valence-electron chi connectivity index (χ2n) is 5.42. The Kier molecular flexibility index (Phi) is 6.66. The van der Waals surface area contributed by atoms with Gasteiger partial charge in [0, 0.05) is 5.56 Å². The summed E-state index contributed by atoms with van der Waals surface area (Å²) >= 11 is 13.3.